The Morgan fingerprint density at radius 1 is 1.38 bits per heavy atom. The van der Waals surface area contributed by atoms with E-state index in [1.807, 2.05) is 6.07 Å². The summed E-state index contributed by atoms with van der Waals surface area (Å²) < 4.78 is 5.88. The molecule has 21 heavy (non-hydrogen) atoms. The molecule has 0 unspecified atom stereocenters. The van der Waals surface area contributed by atoms with Gasteiger partial charge in [-0.3, -0.25) is 9.89 Å². The first kappa shape index (κ1) is 14.1. The normalized spacial score (nSPS) is 14.5. The molecule has 4 nitrogen and oxygen atoms in total. The summed E-state index contributed by atoms with van der Waals surface area (Å²) >= 11 is 5.72. The fourth-order valence-electron chi connectivity index (χ4n) is 2.40. The fourth-order valence-corrected chi connectivity index (χ4v) is 2.54. The molecule has 1 N–H and O–H groups in total. The number of aromatic nitrogens is 2. The van der Waals surface area contributed by atoms with Crippen LogP contribution in [-0.2, 0) is 0 Å². The number of nitrogens with zero attached hydrogens (tertiary/aromatic N) is 1. The van der Waals surface area contributed by atoms with Crippen molar-refractivity contribution in [2.75, 3.05) is 0 Å². The van der Waals surface area contributed by atoms with E-state index < -0.39 is 0 Å². The Hall–Kier alpha value is -1.81. The van der Waals surface area contributed by atoms with Gasteiger partial charge in [0.05, 0.1) is 0 Å². The smallest absolute Gasteiger partial charge is 0.285 e. The predicted molar refractivity (Wildman–Crippen MR) is 82.4 cm³/mol. The minimum atomic E-state index is -0.320. The van der Waals surface area contributed by atoms with Crippen LogP contribution in [0.15, 0.2) is 29.1 Å². The van der Waals surface area contributed by atoms with Crippen molar-refractivity contribution in [1.82, 2.24) is 10.2 Å². The zero-order valence-electron chi connectivity index (χ0n) is 12.0. The van der Waals surface area contributed by atoms with Crippen LogP contribution in [-0.4, -0.2) is 10.2 Å². The van der Waals surface area contributed by atoms with Crippen LogP contribution >= 0.6 is 11.6 Å². The molecule has 0 saturated heterocycles. The Labute approximate surface area is 128 Å². The molecule has 1 aromatic carbocycles. The number of aromatic amines is 1. The van der Waals surface area contributed by atoms with Crippen LogP contribution in [0.1, 0.15) is 49.7 Å². The molecule has 1 aromatic heterocycles. The fraction of sp³-hybridized carbons (Fsp3) is 0.375. The minimum Gasteiger partial charge on any atom is -0.434 e. The first-order valence-electron chi connectivity index (χ1n) is 7.12. The Morgan fingerprint density at radius 3 is 2.76 bits per heavy atom. The van der Waals surface area contributed by atoms with Gasteiger partial charge >= 0.3 is 0 Å². The summed E-state index contributed by atoms with van der Waals surface area (Å²) in [6.07, 6.45) is 2.34. The zero-order valence-corrected chi connectivity index (χ0v) is 12.8. The summed E-state index contributed by atoms with van der Waals surface area (Å²) in [4.78, 5) is 11.9. The summed E-state index contributed by atoms with van der Waals surface area (Å²) in [6, 6.07) is 7.44. The number of halogens is 1. The van der Waals surface area contributed by atoms with E-state index in [-0.39, 0.29) is 16.5 Å². The molecule has 0 amide bonds. The first-order valence-corrected chi connectivity index (χ1v) is 7.50. The highest BCUT2D eigenvalue weighted by atomic mass is 35.5. The van der Waals surface area contributed by atoms with Gasteiger partial charge in [0.15, 0.2) is 0 Å². The molecule has 5 heteroatoms. The molecule has 0 aliphatic heterocycles. The lowest BCUT2D eigenvalue weighted by Gasteiger charge is -2.16. The van der Waals surface area contributed by atoms with Crippen LogP contribution in [0.2, 0.25) is 5.15 Å². The van der Waals surface area contributed by atoms with Gasteiger partial charge in [-0.15, -0.1) is 5.10 Å². The summed E-state index contributed by atoms with van der Waals surface area (Å²) in [5.74, 6) is 1.65. The molecule has 1 heterocycles. The SMILES string of the molecule is CC(C)c1cccc(C2CC2)c1Oc1n[nH]c(Cl)cc1=O. The minimum absolute atomic E-state index is 0.0365. The van der Waals surface area contributed by atoms with Crippen LogP contribution in [0.4, 0.5) is 0 Å². The van der Waals surface area contributed by atoms with Gasteiger partial charge in [-0.2, -0.15) is 0 Å². The number of hydrogen-bond donors (Lipinski definition) is 1. The van der Waals surface area contributed by atoms with Crippen molar-refractivity contribution in [3.63, 3.8) is 0 Å². The molecule has 1 aliphatic rings. The van der Waals surface area contributed by atoms with Gasteiger partial charge in [0.2, 0.25) is 5.43 Å². The van der Waals surface area contributed by atoms with Crippen molar-refractivity contribution in [1.29, 1.82) is 0 Å². The third-order valence-electron chi connectivity index (χ3n) is 3.65. The van der Waals surface area contributed by atoms with Gasteiger partial charge in [-0.1, -0.05) is 43.6 Å². The van der Waals surface area contributed by atoms with Gasteiger partial charge in [0, 0.05) is 6.07 Å². The van der Waals surface area contributed by atoms with Gasteiger partial charge in [-0.25, -0.2) is 0 Å². The molecule has 0 spiro atoms. The molecule has 1 fully saturated rings. The summed E-state index contributed by atoms with van der Waals surface area (Å²) in [7, 11) is 0. The molecule has 3 rings (SSSR count). The summed E-state index contributed by atoms with van der Waals surface area (Å²) in [6.45, 7) is 4.22. The molecular formula is C16H17ClN2O2. The van der Waals surface area contributed by atoms with Crippen LogP contribution in [0.5, 0.6) is 11.6 Å². The van der Waals surface area contributed by atoms with Crippen molar-refractivity contribution in [3.8, 4) is 11.6 Å². The van der Waals surface area contributed by atoms with Gasteiger partial charge in [-0.05, 0) is 35.8 Å². The highest BCUT2D eigenvalue weighted by Gasteiger charge is 2.29. The number of benzene rings is 1. The molecule has 1 saturated carbocycles. The van der Waals surface area contributed by atoms with Gasteiger partial charge < -0.3 is 4.74 Å². The predicted octanol–water partition coefficient (Wildman–Crippen LogP) is 4.22. The summed E-state index contributed by atoms with van der Waals surface area (Å²) in [5, 5.41) is 6.67. The van der Waals surface area contributed by atoms with Crippen LogP contribution < -0.4 is 10.2 Å². The largest absolute Gasteiger partial charge is 0.434 e. The monoisotopic (exact) mass is 304 g/mol. The van der Waals surface area contributed by atoms with E-state index in [1.54, 1.807) is 0 Å². The number of ether oxygens (including phenoxy) is 1. The van der Waals surface area contributed by atoms with Crippen LogP contribution in [0, 0.1) is 0 Å². The van der Waals surface area contributed by atoms with E-state index >= 15 is 0 Å². The van der Waals surface area contributed by atoms with Crippen molar-refractivity contribution < 1.29 is 4.74 Å². The highest BCUT2D eigenvalue weighted by molar-refractivity contribution is 6.29. The Morgan fingerprint density at radius 2 is 2.14 bits per heavy atom. The maximum absolute atomic E-state index is 11.9. The zero-order chi connectivity index (χ0) is 15.0. The maximum atomic E-state index is 11.9. The highest BCUT2D eigenvalue weighted by Crippen LogP contribution is 2.47. The van der Waals surface area contributed by atoms with E-state index in [0.29, 0.717) is 11.8 Å². The molecule has 1 aliphatic carbocycles. The lowest BCUT2D eigenvalue weighted by atomic mass is 9.97. The lowest BCUT2D eigenvalue weighted by Crippen LogP contribution is -2.09. The third-order valence-corrected chi connectivity index (χ3v) is 3.84. The number of hydrogen-bond acceptors (Lipinski definition) is 3. The average molecular weight is 305 g/mol. The average Bonchev–Trinajstić information content (AvgIpc) is 3.26. The standard InChI is InChI=1S/C16H17ClN2O2/c1-9(2)11-4-3-5-12(10-6-7-10)15(11)21-16-13(20)8-14(17)18-19-16/h3-5,8-10H,6-7H2,1-2H3,(H,18,20). The van der Waals surface area contributed by atoms with E-state index in [4.69, 9.17) is 16.3 Å². The van der Waals surface area contributed by atoms with Crippen LogP contribution in [0.25, 0.3) is 0 Å². The van der Waals surface area contributed by atoms with Gasteiger partial charge in [0.25, 0.3) is 5.88 Å². The topological polar surface area (TPSA) is 55.0 Å². The Kier molecular flexibility index (Phi) is 3.72. The Balaban J connectivity index is 2.05. The maximum Gasteiger partial charge on any atom is 0.285 e. The van der Waals surface area contributed by atoms with Crippen molar-refractivity contribution in [3.05, 3.63) is 50.8 Å². The number of rotatable bonds is 4. The molecule has 0 radical (unpaired) electrons. The first-order chi connectivity index (χ1) is 10.1. The van der Waals surface area contributed by atoms with Gasteiger partial charge in [0.1, 0.15) is 10.9 Å². The molecule has 0 atom stereocenters. The second-order valence-corrected chi connectivity index (χ2v) is 6.09. The molecule has 0 bridgehead atoms. The summed E-state index contributed by atoms with van der Waals surface area (Å²) in [5.41, 5.74) is 1.94. The number of H-pyrrole nitrogens is 1. The van der Waals surface area contributed by atoms with Crippen molar-refractivity contribution in [2.24, 2.45) is 0 Å². The van der Waals surface area contributed by atoms with E-state index in [9.17, 15) is 4.79 Å². The van der Waals surface area contributed by atoms with E-state index in [0.717, 1.165) is 16.9 Å². The van der Waals surface area contributed by atoms with Crippen molar-refractivity contribution in [2.45, 2.75) is 38.5 Å². The van der Waals surface area contributed by atoms with E-state index in [1.165, 1.54) is 18.9 Å². The second kappa shape index (κ2) is 5.53. The third kappa shape index (κ3) is 2.95. The molecular weight excluding hydrogens is 288 g/mol. The number of para-hydroxylation sites is 1. The molecule has 2 aromatic rings. The molecule has 110 valence electrons. The lowest BCUT2D eigenvalue weighted by molar-refractivity contribution is 0.437. The Bertz CT molecular complexity index is 700. The van der Waals surface area contributed by atoms with E-state index in [2.05, 4.69) is 36.2 Å². The number of nitrogens with one attached hydrogen (secondary N) is 1. The second-order valence-electron chi connectivity index (χ2n) is 5.68. The van der Waals surface area contributed by atoms with Crippen LogP contribution in [0.3, 0.4) is 0 Å². The van der Waals surface area contributed by atoms with Crippen molar-refractivity contribution >= 4 is 11.6 Å². The quantitative estimate of drug-likeness (QED) is 0.920.